The van der Waals surface area contributed by atoms with Crippen molar-refractivity contribution in [3.05, 3.63) is 11.9 Å². The lowest BCUT2D eigenvalue weighted by molar-refractivity contribution is 0.0817. The number of methoxy groups -OCH3 is 1. The van der Waals surface area contributed by atoms with Crippen molar-refractivity contribution in [3.8, 4) is 0 Å². The zero-order valence-electron chi connectivity index (χ0n) is 13.3. The van der Waals surface area contributed by atoms with Crippen molar-refractivity contribution >= 4 is 11.6 Å². The van der Waals surface area contributed by atoms with Gasteiger partial charge in [-0.2, -0.15) is 0 Å². The summed E-state index contributed by atoms with van der Waals surface area (Å²) in [5.74, 6) is 2.58. The highest BCUT2D eigenvalue weighted by Crippen LogP contribution is 2.22. The standard InChI is InChI=1S/C15H26N4O2/c1-4-16-13-10-15(18-14(17-13)11-21-5-2)19-8-6-12(20-3)7-9-19/h10,12H,4-9,11H2,1-3H3,(H,16,17,18). The van der Waals surface area contributed by atoms with Crippen LogP contribution in [0.2, 0.25) is 0 Å². The molecule has 1 aromatic heterocycles. The molecular weight excluding hydrogens is 268 g/mol. The maximum absolute atomic E-state index is 5.44. The van der Waals surface area contributed by atoms with Crippen LogP contribution >= 0.6 is 0 Å². The van der Waals surface area contributed by atoms with Crippen LogP contribution in [0, 0.1) is 0 Å². The minimum Gasteiger partial charge on any atom is -0.381 e. The van der Waals surface area contributed by atoms with Crippen molar-refractivity contribution in [2.45, 2.75) is 39.4 Å². The number of hydrogen-bond donors (Lipinski definition) is 1. The molecule has 6 heteroatoms. The average molecular weight is 294 g/mol. The van der Waals surface area contributed by atoms with Crippen molar-refractivity contribution < 1.29 is 9.47 Å². The van der Waals surface area contributed by atoms with Gasteiger partial charge < -0.3 is 19.7 Å². The van der Waals surface area contributed by atoms with Gasteiger partial charge in [-0.3, -0.25) is 0 Å². The van der Waals surface area contributed by atoms with Gasteiger partial charge >= 0.3 is 0 Å². The first kappa shape index (κ1) is 16.0. The van der Waals surface area contributed by atoms with Crippen molar-refractivity contribution in [2.75, 3.05) is 43.6 Å². The van der Waals surface area contributed by atoms with Crippen LogP contribution in [-0.2, 0) is 16.1 Å². The Morgan fingerprint density at radius 3 is 2.67 bits per heavy atom. The number of anilines is 2. The van der Waals surface area contributed by atoms with Gasteiger partial charge in [0, 0.05) is 39.4 Å². The van der Waals surface area contributed by atoms with Crippen molar-refractivity contribution in [2.24, 2.45) is 0 Å². The normalized spacial score (nSPS) is 16.2. The van der Waals surface area contributed by atoms with Gasteiger partial charge in [-0.25, -0.2) is 9.97 Å². The van der Waals surface area contributed by atoms with E-state index >= 15 is 0 Å². The smallest absolute Gasteiger partial charge is 0.158 e. The summed E-state index contributed by atoms with van der Waals surface area (Å²) < 4.78 is 10.9. The fourth-order valence-corrected chi connectivity index (χ4v) is 2.50. The quantitative estimate of drug-likeness (QED) is 0.830. The summed E-state index contributed by atoms with van der Waals surface area (Å²) in [6.07, 6.45) is 2.45. The monoisotopic (exact) mass is 294 g/mol. The van der Waals surface area contributed by atoms with E-state index in [1.807, 2.05) is 13.0 Å². The lowest BCUT2D eigenvalue weighted by Crippen LogP contribution is -2.37. The number of nitrogens with one attached hydrogen (secondary N) is 1. The summed E-state index contributed by atoms with van der Waals surface area (Å²) in [6, 6.07) is 2.02. The molecule has 1 aliphatic heterocycles. The Kier molecular flexibility index (Phi) is 6.20. The van der Waals surface area contributed by atoms with Gasteiger partial charge in [-0.05, 0) is 26.7 Å². The summed E-state index contributed by atoms with van der Waals surface area (Å²) in [5.41, 5.74) is 0. The molecule has 2 heterocycles. The van der Waals surface area contributed by atoms with Crippen LogP contribution in [0.5, 0.6) is 0 Å². The molecule has 2 rings (SSSR count). The highest BCUT2D eigenvalue weighted by atomic mass is 16.5. The third-order valence-electron chi connectivity index (χ3n) is 3.65. The molecule has 1 saturated heterocycles. The first-order chi connectivity index (χ1) is 10.3. The van der Waals surface area contributed by atoms with Gasteiger partial charge in [-0.15, -0.1) is 0 Å². The van der Waals surface area contributed by atoms with Crippen LogP contribution in [0.1, 0.15) is 32.5 Å². The van der Waals surface area contributed by atoms with Gasteiger partial charge in [0.1, 0.15) is 18.2 Å². The van der Waals surface area contributed by atoms with Crippen molar-refractivity contribution in [1.82, 2.24) is 9.97 Å². The van der Waals surface area contributed by atoms with Gasteiger partial charge in [0.2, 0.25) is 0 Å². The Labute approximate surface area is 126 Å². The second-order valence-corrected chi connectivity index (χ2v) is 5.12. The number of piperidine rings is 1. The molecular formula is C15H26N4O2. The molecule has 21 heavy (non-hydrogen) atoms. The molecule has 0 spiro atoms. The summed E-state index contributed by atoms with van der Waals surface area (Å²) in [4.78, 5) is 11.4. The molecule has 0 unspecified atom stereocenters. The summed E-state index contributed by atoms with van der Waals surface area (Å²) >= 11 is 0. The number of ether oxygens (including phenoxy) is 2. The van der Waals surface area contributed by atoms with Gasteiger partial charge in [0.05, 0.1) is 6.10 Å². The molecule has 1 aromatic rings. The fourth-order valence-electron chi connectivity index (χ4n) is 2.50. The van der Waals surface area contributed by atoms with Crippen molar-refractivity contribution in [1.29, 1.82) is 0 Å². The van der Waals surface area contributed by atoms with Gasteiger partial charge in [-0.1, -0.05) is 0 Å². The lowest BCUT2D eigenvalue weighted by atomic mass is 10.1. The topological polar surface area (TPSA) is 59.5 Å². The summed E-state index contributed by atoms with van der Waals surface area (Å²) in [6.45, 7) is 7.94. The van der Waals surface area contributed by atoms with E-state index in [0.717, 1.165) is 49.9 Å². The molecule has 0 saturated carbocycles. The highest BCUT2D eigenvalue weighted by Gasteiger charge is 2.20. The van der Waals surface area contributed by atoms with E-state index in [2.05, 4.69) is 27.1 Å². The molecule has 118 valence electrons. The zero-order chi connectivity index (χ0) is 15.1. The number of rotatable bonds is 7. The zero-order valence-corrected chi connectivity index (χ0v) is 13.3. The van der Waals surface area contributed by atoms with Crippen molar-refractivity contribution in [3.63, 3.8) is 0 Å². The highest BCUT2D eigenvalue weighted by molar-refractivity contribution is 5.49. The Hall–Kier alpha value is -1.40. The Balaban J connectivity index is 2.11. The number of nitrogens with zero attached hydrogens (tertiary/aromatic N) is 3. The van der Waals surface area contributed by atoms with E-state index in [-0.39, 0.29) is 0 Å². The molecule has 0 atom stereocenters. The van der Waals surface area contributed by atoms with E-state index in [1.165, 1.54) is 0 Å². The third-order valence-corrected chi connectivity index (χ3v) is 3.65. The maximum Gasteiger partial charge on any atom is 0.158 e. The van der Waals surface area contributed by atoms with E-state index in [0.29, 0.717) is 19.3 Å². The molecule has 0 radical (unpaired) electrons. The molecule has 0 aliphatic carbocycles. The molecule has 0 aromatic carbocycles. The Bertz CT molecular complexity index is 434. The first-order valence-corrected chi connectivity index (χ1v) is 7.74. The Morgan fingerprint density at radius 2 is 2.05 bits per heavy atom. The van der Waals surface area contributed by atoms with Crippen LogP contribution in [-0.4, -0.2) is 49.4 Å². The van der Waals surface area contributed by atoms with E-state index in [4.69, 9.17) is 9.47 Å². The lowest BCUT2D eigenvalue weighted by Gasteiger charge is -2.32. The third kappa shape index (κ3) is 4.54. The van der Waals surface area contributed by atoms with E-state index in [1.54, 1.807) is 7.11 Å². The molecule has 1 aliphatic rings. The second kappa shape index (κ2) is 8.14. The largest absolute Gasteiger partial charge is 0.381 e. The van der Waals surface area contributed by atoms with E-state index < -0.39 is 0 Å². The van der Waals surface area contributed by atoms with Crippen LogP contribution in [0.25, 0.3) is 0 Å². The molecule has 6 nitrogen and oxygen atoms in total. The number of hydrogen-bond acceptors (Lipinski definition) is 6. The fraction of sp³-hybridized carbons (Fsp3) is 0.733. The Morgan fingerprint density at radius 1 is 1.29 bits per heavy atom. The molecule has 1 N–H and O–H groups in total. The predicted octanol–water partition coefficient (Wildman–Crippen LogP) is 2.06. The predicted molar refractivity (Wildman–Crippen MR) is 83.8 cm³/mol. The van der Waals surface area contributed by atoms with Crippen LogP contribution < -0.4 is 10.2 Å². The maximum atomic E-state index is 5.44. The number of aromatic nitrogens is 2. The second-order valence-electron chi connectivity index (χ2n) is 5.12. The molecule has 0 bridgehead atoms. The van der Waals surface area contributed by atoms with Crippen LogP contribution in [0.3, 0.4) is 0 Å². The summed E-state index contributed by atoms with van der Waals surface area (Å²) in [5, 5.41) is 3.27. The first-order valence-electron chi connectivity index (χ1n) is 7.74. The molecule has 1 fully saturated rings. The van der Waals surface area contributed by atoms with Gasteiger partial charge in [0.25, 0.3) is 0 Å². The van der Waals surface area contributed by atoms with Crippen LogP contribution in [0.4, 0.5) is 11.6 Å². The minimum absolute atomic E-state index is 0.374. The summed E-state index contributed by atoms with van der Waals surface area (Å²) in [7, 11) is 1.79. The average Bonchev–Trinajstić information content (AvgIpc) is 2.53. The van der Waals surface area contributed by atoms with Crippen LogP contribution in [0.15, 0.2) is 6.07 Å². The van der Waals surface area contributed by atoms with E-state index in [9.17, 15) is 0 Å². The minimum atomic E-state index is 0.374. The SMILES string of the molecule is CCNc1cc(N2CCC(OC)CC2)nc(COCC)n1. The molecule has 0 amide bonds. The van der Waals surface area contributed by atoms with Gasteiger partial charge in [0.15, 0.2) is 5.82 Å².